The molecule has 158 valence electrons. The van der Waals surface area contributed by atoms with Crippen LogP contribution >= 0.6 is 0 Å². The molecule has 31 heavy (non-hydrogen) atoms. The van der Waals surface area contributed by atoms with Crippen molar-refractivity contribution in [3.8, 4) is 5.75 Å². The Hall–Kier alpha value is -3.94. The summed E-state index contributed by atoms with van der Waals surface area (Å²) >= 11 is 0. The van der Waals surface area contributed by atoms with Crippen LogP contribution in [0.3, 0.4) is 0 Å². The largest absolute Gasteiger partial charge is 0.462 e. The Labute approximate surface area is 179 Å². The Morgan fingerprint density at radius 3 is 2.61 bits per heavy atom. The number of nitrogens with zero attached hydrogens (tertiary/aromatic N) is 3. The van der Waals surface area contributed by atoms with Crippen LogP contribution in [0.1, 0.15) is 35.2 Å². The lowest BCUT2D eigenvalue weighted by Crippen LogP contribution is -2.35. The molecule has 0 fully saturated rings. The summed E-state index contributed by atoms with van der Waals surface area (Å²) in [4.78, 5) is 34.7. The van der Waals surface area contributed by atoms with Gasteiger partial charge in [0.05, 0.1) is 24.6 Å². The molecule has 0 spiro atoms. The Morgan fingerprint density at radius 2 is 1.97 bits per heavy atom. The number of esters is 1. The van der Waals surface area contributed by atoms with E-state index in [0.717, 1.165) is 5.56 Å². The van der Waals surface area contributed by atoms with Gasteiger partial charge in [-0.3, -0.25) is 14.8 Å². The van der Waals surface area contributed by atoms with Crippen LogP contribution in [0.15, 0.2) is 71.4 Å². The second-order valence-electron chi connectivity index (χ2n) is 7.14. The standard InChI is InChI=1S/C23H22N4O4/c1-3-30-23(29)20-18(16-7-5-9-26-12-16)19-17(31-21(20)24)10-14(2)27(22(19)28)13-15-6-4-8-25-11-15/h4-12,18H,3,13,24H2,1-2H3/t18-/m1/s1. The van der Waals surface area contributed by atoms with Gasteiger partial charge in [-0.15, -0.1) is 0 Å². The van der Waals surface area contributed by atoms with Gasteiger partial charge in [0, 0.05) is 36.5 Å². The van der Waals surface area contributed by atoms with Crippen molar-refractivity contribution in [1.82, 2.24) is 14.5 Å². The van der Waals surface area contributed by atoms with Gasteiger partial charge >= 0.3 is 5.97 Å². The fourth-order valence-electron chi connectivity index (χ4n) is 3.74. The molecule has 0 amide bonds. The predicted molar refractivity (Wildman–Crippen MR) is 113 cm³/mol. The van der Waals surface area contributed by atoms with Crippen molar-refractivity contribution < 1.29 is 14.3 Å². The Kier molecular flexibility index (Phi) is 5.53. The second kappa shape index (κ2) is 8.43. The molecule has 0 aliphatic carbocycles. The lowest BCUT2D eigenvalue weighted by Gasteiger charge is -2.29. The highest BCUT2D eigenvalue weighted by molar-refractivity contribution is 5.92. The molecule has 0 radical (unpaired) electrons. The molecular weight excluding hydrogens is 396 g/mol. The minimum Gasteiger partial charge on any atom is -0.462 e. The molecule has 0 bridgehead atoms. The van der Waals surface area contributed by atoms with Gasteiger partial charge in [-0.2, -0.15) is 0 Å². The van der Waals surface area contributed by atoms with Crippen molar-refractivity contribution in [2.24, 2.45) is 5.73 Å². The van der Waals surface area contributed by atoms with Crippen molar-refractivity contribution in [3.63, 3.8) is 0 Å². The molecule has 3 aromatic heterocycles. The number of rotatable bonds is 5. The van der Waals surface area contributed by atoms with Crippen LogP contribution in [0.5, 0.6) is 5.75 Å². The number of hydrogen-bond acceptors (Lipinski definition) is 7. The van der Waals surface area contributed by atoms with E-state index >= 15 is 0 Å². The summed E-state index contributed by atoms with van der Waals surface area (Å²) in [5.74, 6) is -1.14. The second-order valence-corrected chi connectivity index (χ2v) is 7.14. The van der Waals surface area contributed by atoms with Gasteiger partial charge in [0.1, 0.15) is 11.3 Å². The number of nitrogens with two attached hydrogens (primary N) is 1. The SMILES string of the molecule is CCOC(=O)C1=C(N)Oc2cc(C)n(Cc3cccnc3)c(=O)c2[C@H]1c1cccnc1. The summed E-state index contributed by atoms with van der Waals surface area (Å²) in [5, 5.41) is 0. The lowest BCUT2D eigenvalue weighted by molar-refractivity contribution is -0.139. The van der Waals surface area contributed by atoms with Crippen molar-refractivity contribution in [2.75, 3.05) is 6.61 Å². The summed E-state index contributed by atoms with van der Waals surface area (Å²) in [6.07, 6.45) is 6.62. The average Bonchev–Trinajstić information content (AvgIpc) is 2.77. The van der Waals surface area contributed by atoms with Gasteiger partial charge < -0.3 is 19.8 Å². The molecule has 4 rings (SSSR count). The molecule has 1 atom stereocenters. The Balaban J connectivity index is 1.92. The highest BCUT2D eigenvalue weighted by atomic mass is 16.5. The van der Waals surface area contributed by atoms with Gasteiger partial charge in [0.25, 0.3) is 5.56 Å². The average molecular weight is 418 g/mol. The van der Waals surface area contributed by atoms with Crippen LogP contribution in [0.4, 0.5) is 0 Å². The van der Waals surface area contributed by atoms with E-state index in [4.69, 9.17) is 15.2 Å². The Morgan fingerprint density at radius 1 is 1.23 bits per heavy atom. The maximum atomic E-state index is 13.7. The van der Waals surface area contributed by atoms with E-state index in [9.17, 15) is 9.59 Å². The molecule has 0 unspecified atom stereocenters. The Bertz CT molecular complexity index is 1200. The van der Waals surface area contributed by atoms with Crippen LogP contribution in [0.2, 0.25) is 0 Å². The minimum absolute atomic E-state index is 0.0800. The van der Waals surface area contributed by atoms with E-state index in [2.05, 4.69) is 9.97 Å². The molecule has 3 aromatic rings. The van der Waals surface area contributed by atoms with Crippen molar-refractivity contribution in [2.45, 2.75) is 26.3 Å². The van der Waals surface area contributed by atoms with E-state index in [1.54, 1.807) is 54.5 Å². The summed E-state index contributed by atoms with van der Waals surface area (Å²) in [6, 6.07) is 9.01. The monoisotopic (exact) mass is 418 g/mol. The smallest absolute Gasteiger partial charge is 0.340 e. The number of pyridine rings is 3. The van der Waals surface area contributed by atoms with Crippen LogP contribution in [-0.4, -0.2) is 27.1 Å². The van der Waals surface area contributed by atoms with E-state index < -0.39 is 11.9 Å². The van der Waals surface area contributed by atoms with E-state index in [0.29, 0.717) is 29.1 Å². The molecule has 0 saturated carbocycles. The van der Waals surface area contributed by atoms with Crippen molar-refractivity contribution in [1.29, 1.82) is 0 Å². The first-order valence-electron chi connectivity index (χ1n) is 9.89. The zero-order valence-corrected chi connectivity index (χ0v) is 17.2. The summed E-state index contributed by atoms with van der Waals surface area (Å²) in [6.45, 7) is 4.03. The van der Waals surface area contributed by atoms with Crippen LogP contribution in [0.25, 0.3) is 0 Å². The van der Waals surface area contributed by atoms with Crippen LogP contribution in [0, 0.1) is 6.92 Å². The number of carbonyl (C=O) groups is 1. The van der Waals surface area contributed by atoms with Gasteiger partial charge in [-0.05, 0) is 37.1 Å². The first-order valence-corrected chi connectivity index (χ1v) is 9.89. The molecule has 8 heteroatoms. The van der Waals surface area contributed by atoms with Gasteiger partial charge in [-0.25, -0.2) is 4.79 Å². The fourth-order valence-corrected chi connectivity index (χ4v) is 3.74. The fraction of sp³-hybridized carbons (Fsp3) is 0.217. The molecule has 1 aliphatic heterocycles. The molecule has 0 aromatic carbocycles. The molecule has 4 heterocycles. The zero-order chi connectivity index (χ0) is 22.0. The number of aromatic nitrogens is 3. The third-order valence-corrected chi connectivity index (χ3v) is 5.15. The maximum Gasteiger partial charge on any atom is 0.340 e. The summed E-state index contributed by atoms with van der Waals surface area (Å²) < 4.78 is 12.6. The number of fused-ring (bicyclic) bond motifs is 1. The van der Waals surface area contributed by atoms with Gasteiger partial charge in [0.15, 0.2) is 0 Å². The third-order valence-electron chi connectivity index (χ3n) is 5.15. The third kappa shape index (κ3) is 3.79. The minimum atomic E-state index is -0.759. The molecule has 0 saturated heterocycles. The van der Waals surface area contributed by atoms with E-state index in [1.165, 1.54) is 0 Å². The lowest BCUT2D eigenvalue weighted by atomic mass is 9.84. The first-order chi connectivity index (χ1) is 15.0. The zero-order valence-electron chi connectivity index (χ0n) is 17.2. The maximum absolute atomic E-state index is 13.7. The first kappa shape index (κ1) is 20.3. The summed E-state index contributed by atoms with van der Waals surface area (Å²) in [7, 11) is 0. The van der Waals surface area contributed by atoms with Gasteiger partial charge in [0.2, 0.25) is 5.88 Å². The number of carbonyl (C=O) groups excluding carboxylic acids is 1. The van der Waals surface area contributed by atoms with Gasteiger partial charge in [-0.1, -0.05) is 12.1 Å². The van der Waals surface area contributed by atoms with E-state index in [1.807, 2.05) is 19.1 Å². The molecular formula is C23H22N4O4. The van der Waals surface area contributed by atoms with Crippen molar-refractivity contribution >= 4 is 5.97 Å². The molecule has 2 N–H and O–H groups in total. The number of ether oxygens (including phenoxy) is 2. The predicted octanol–water partition coefficient (Wildman–Crippen LogP) is 2.25. The topological polar surface area (TPSA) is 109 Å². The van der Waals surface area contributed by atoms with Crippen LogP contribution in [-0.2, 0) is 16.1 Å². The summed E-state index contributed by atoms with van der Waals surface area (Å²) in [5.41, 5.74) is 8.49. The molecule has 1 aliphatic rings. The highest BCUT2D eigenvalue weighted by Crippen LogP contribution is 2.41. The number of aryl methyl sites for hydroxylation is 1. The quantitative estimate of drug-likeness (QED) is 0.633. The van der Waals surface area contributed by atoms with E-state index in [-0.39, 0.29) is 23.6 Å². The highest BCUT2D eigenvalue weighted by Gasteiger charge is 2.38. The number of hydrogen-bond donors (Lipinski definition) is 1. The normalized spacial score (nSPS) is 15.2. The molecule has 8 nitrogen and oxygen atoms in total. The van der Waals surface area contributed by atoms with Crippen molar-refractivity contribution in [3.05, 3.63) is 99.3 Å². The van der Waals surface area contributed by atoms with Crippen LogP contribution < -0.4 is 16.0 Å².